The Balaban J connectivity index is 1.37. The van der Waals surface area contributed by atoms with Crippen molar-refractivity contribution in [3.63, 3.8) is 0 Å². The highest BCUT2D eigenvalue weighted by Crippen LogP contribution is 2.52. The number of nitrogens with one attached hydrogen (secondary N) is 1. The second kappa shape index (κ2) is 9.80. The minimum absolute atomic E-state index is 0.00426. The maximum absolute atomic E-state index is 13.4. The monoisotopic (exact) mass is 520 g/mol. The summed E-state index contributed by atoms with van der Waals surface area (Å²) in [4.78, 5) is 15.8. The molecule has 0 saturated heterocycles. The Hall–Kier alpha value is -3.42. The number of fused-ring (bicyclic) bond motifs is 5. The standard InChI is InChI=1S/C29H29ClN2O5/c1-34-24-8-7-20-22(13-27(33)31-14-17-3-5-19(30)6-4-17)28-21-12-26-25(36-16-37-26)11-18(21)9-10-32(28)15-23(20)29(24)35-2/h3-8,11-12,22,28H,9-10,13-16H2,1-2H3,(H,31,33). The van der Waals surface area contributed by atoms with E-state index >= 15 is 0 Å². The third-order valence-corrected chi connectivity index (χ3v) is 7.90. The lowest BCUT2D eigenvalue weighted by molar-refractivity contribution is -0.122. The largest absolute Gasteiger partial charge is 0.493 e. The highest BCUT2D eigenvalue weighted by Gasteiger charge is 2.42. The lowest BCUT2D eigenvalue weighted by atomic mass is 9.74. The van der Waals surface area contributed by atoms with Gasteiger partial charge in [-0.15, -0.1) is 0 Å². The summed E-state index contributed by atoms with van der Waals surface area (Å²) in [5.41, 5.74) is 5.65. The molecule has 0 fully saturated rings. The molecule has 0 aliphatic carbocycles. The summed E-state index contributed by atoms with van der Waals surface area (Å²) in [5.74, 6) is 2.92. The van der Waals surface area contributed by atoms with Crippen molar-refractivity contribution in [1.29, 1.82) is 0 Å². The summed E-state index contributed by atoms with van der Waals surface area (Å²) < 4.78 is 22.8. The Kier molecular flexibility index (Phi) is 6.34. The van der Waals surface area contributed by atoms with Gasteiger partial charge in [0.25, 0.3) is 0 Å². The van der Waals surface area contributed by atoms with Gasteiger partial charge in [0.2, 0.25) is 12.7 Å². The molecular formula is C29H29ClN2O5. The summed E-state index contributed by atoms with van der Waals surface area (Å²) >= 11 is 6.01. The van der Waals surface area contributed by atoms with E-state index in [1.165, 1.54) is 11.1 Å². The fourth-order valence-corrected chi connectivity index (χ4v) is 6.05. The van der Waals surface area contributed by atoms with Crippen molar-refractivity contribution in [3.05, 3.63) is 81.4 Å². The molecule has 192 valence electrons. The number of carbonyl (C=O) groups is 1. The van der Waals surface area contributed by atoms with E-state index in [-0.39, 0.29) is 24.7 Å². The minimum atomic E-state index is -0.0757. The molecule has 7 nitrogen and oxygen atoms in total. The SMILES string of the molecule is COc1ccc2c(c1OC)CN1CCc3cc4c(cc3C1C2CC(=O)NCc1ccc(Cl)cc1)OCO4. The van der Waals surface area contributed by atoms with Crippen LogP contribution in [0.15, 0.2) is 48.5 Å². The normalized spacial score (nSPS) is 19.4. The smallest absolute Gasteiger partial charge is 0.231 e. The Morgan fingerprint density at radius 1 is 1.05 bits per heavy atom. The first-order valence-corrected chi connectivity index (χ1v) is 12.8. The number of carbonyl (C=O) groups excluding carboxylic acids is 1. The quantitative estimate of drug-likeness (QED) is 0.494. The third kappa shape index (κ3) is 4.36. The Morgan fingerprint density at radius 3 is 2.59 bits per heavy atom. The Morgan fingerprint density at radius 2 is 1.84 bits per heavy atom. The zero-order valence-electron chi connectivity index (χ0n) is 20.9. The number of methoxy groups -OCH3 is 2. The number of amides is 1. The molecule has 3 aliphatic heterocycles. The number of hydrogen-bond acceptors (Lipinski definition) is 6. The highest BCUT2D eigenvalue weighted by molar-refractivity contribution is 6.30. The van der Waals surface area contributed by atoms with Crippen LogP contribution in [0.5, 0.6) is 23.0 Å². The van der Waals surface area contributed by atoms with Crippen molar-refractivity contribution in [1.82, 2.24) is 10.2 Å². The van der Waals surface area contributed by atoms with E-state index in [2.05, 4.69) is 28.4 Å². The van der Waals surface area contributed by atoms with Crippen molar-refractivity contribution in [2.45, 2.75) is 37.9 Å². The second-order valence-corrected chi connectivity index (χ2v) is 10.1. The number of rotatable bonds is 6. The average molecular weight is 521 g/mol. The molecule has 0 bridgehead atoms. The van der Waals surface area contributed by atoms with Crippen molar-refractivity contribution >= 4 is 17.5 Å². The predicted octanol–water partition coefficient (Wildman–Crippen LogP) is 4.99. The molecule has 1 amide bonds. The summed E-state index contributed by atoms with van der Waals surface area (Å²) in [6.07, 6.45) is 1.24. The van der Waals surface area contributed by atoms with Gasteiger partial charge in [-0.3, -0.25) is 9.69 Å². The Labute approximate surface area is 221 Å². The molecule has 2 unspecified atom stereocenters. The lowest BCUT2D eigenvalue weighted by Crippen LogP contribution is -2.43. The van der Waals surface area contributed by atoms with E-state index in [1.807, 2.05) is 30.3 Å². The van der Waals surface area contributed by atoms with Crippen molar-refractivity contribution in [2.75, 3.05) is 27.6 Å². The van der Waals surface area contributed by atoms with Gasteiger partial charge in [0.15, 0.2) is 23.0 Å². The zero-order valence-corrected chi connectivity index (χ0v) is 21.6. The first-order chi connectivity index (χ1) is 18.1. The number of ether oxygens (including phenoxy) is 4. The van der Waals surface area contributed by atoms with Crippen molar-refractivity contribution < 1.29 is 23.7 Å². The summed E-state index contributed by atoms with van der Waals surface area (Å²) in [7, 11) is 3.32. The van der Waals surface area contributed by atoms with Gasteiger partial charge in [-0.2, -0.15) is 0 Å². The molecular weight excluding hydrogens is 492 g/mol. The average Bonchev–Trinajstić information content (AvgIpc) is 3.38. The van der Waals surface area contributed by atoms with Crippen LogP contribution in [0.2, 0.25) is 5.02 Å². The van der Waals surface area contributed by atoms with Crippen LogP contribution in [0.4, 0.5) is 0 Å². The fraction of sp³-hybridized carbons (Fsp3) is 0.345. The van der Waals surface area contributed by atoms with Crippen LogP contribution in [-0.2, 0) is 24.3 Å². The molecule has 3 aromatic rings. The van der Waals surface area contributed by atoms with Crippen molar-refractivity contribution in [3.8, 4) is 23.0 Å². The molecule has 1 N–H and O–H groups in total. The molecule has 37 heavy (non-hydrogen) atoms. The molecule has 3 aromatic carbocycles. The van der Waals surface area contributed by atoms with Crippen molar-refractivity contribution in [2.24, 2.45) is 0 Å². The van der Waals surface area contributed by atoms with E-state index in [0.717, 1.165) is 53.4 Å². The topological polar surface area (TPSA) is 69.3 Å². The molecule has 0 saturated carbocycles. The summed E-state index contributed by atoms with van der Waals surface area (Å²) in [5, 5.41) is 3.78. The zero-order chi connectivity index (χ0) is 25.5. The van der Waals surface area contributed by atoms with Gasteiger partial charge in [-0.05, 0) is 59.0 Å². The van der Waals surface area contributed by atoms with E-state index in [4.69, 9.17) is 30.5 Å². The van der Waals surface area contributed by atoms with E-state index in [0.29, 0.717) is 23.7 Å². The van der Waals surface area contributed by atoms with Gasteiger partial charge in [0, 0.05) is 48.6 Å². The summed E-state index contributed by atoms with van der Waals surface area (Å²) in [6, 6.07) is 15.8. The minimum Gasteiger partial charge on any atom is -0.493 e. The van der Waals surface area contributed by atoms with E-state index in [1.54, 1.807) is 14.2 Å². The van der Waals surface area contributed by atoms with Crippen LogP contribution >= 0.6 is 11.6 Å². The van der Waals surface area contributed by atoms with E-state index in [9.17, 15) is 4.79 Å². The first-order valence-electron chi connectivity index (χ1n) is 12.5. The molecule has 6 rings (SSSR count). The maximum atomic E-state index is 13.4. The molecule has 2 atom stereocenters. The molecule has 3 heterocycles. The number of halogens is 1. The van der Waals surface area contributed by atoms with Crippen LogP contribution in [-0.4, -0.2) is 38.4 Å². The lowest BCUT2D eigenvalue weighted by Gasteiger charge is -2.46. The van der Waals surface area contributed by atoms with Gasteiger partial charge in [0.1, 0.15) is 0 Å². The van der Waals surface area contributed by atoms with Gasteiger partial charge >= 0.3 is 0 Å². The fourth-order valence-electron chi connectivity index (χ4n) is 5.93. The van der Waals surface area contributed by atoms with Crippen LogP contribution in [0.3, 0.4) is 0 Å². The van der Waals surface area contributed by atoms with Crippen LogP contribution in [0, 0.1) is 0 Å². The highest BCUT2D eigenvalue weighted by atomic mass is 35.5. The van der Waals surface area contributed by atoms with Gasteiger partial charge in [-0.1, -0.05) is 29.8 Å². The predicted molar refractivity (Wildman–Crippen MR) is 140 cm³/mol. The Bertz CT molecular complexity index is 1340. The molecule has 3 aliphatic rings. The number of benzene rings is 3. The van der Waals surface area contributed by atoms with E-state index < -0.39 is 0 Å². The third-order valence-electron chi connectivity index (χ3n) is 7.65. The van der Waals surface area contributed by atoms with Gasteiger partial charge < -0.3 is 24.3 Å². The van der Waals surface area contributed by atoms with Gasteiger partial charge in [-0.25, -0.2) is 0 Å². The van der Waals surface area contributed by atoms with Crippen LogP contribution < -0.4 is 24.3 Å². The van der Waals surface area contributed by atoms with Gasteiger partial charge in [0.05, 0.1) is 14.2 Å². The van der Waals surface area contributed by atoms with Crippen LogP contribution in [0.1, 0.15) is 46.2 Å². The second-order valence-electron chi connectivity index (χ2n) is 9.65. The molecule has 0 radical (unpaired) electrons. The molecule has 0 aromatic heterocycles. The maximum Gasteiger partial charge on any atom is 0.231 e. The van der Waals surface area contributed by atoms with Crippen LogP contribution in [0.25, 0.3) is 0 Å². The molecule has 8 heteroatoms. The number of nitrogens with zero attached hydrogens (tertiary/aromatic N) is 1. The first kappa shape index (κ1) is 23.9. The number of hydrogen-bond donors (Lipinski definition) is 1. The molecule has 0 spiro atoms. The summed E-state index contributed by atoms with van der Waals surface area (Å²) in [6.45, 7) is 2.28.